The fourth-order valence-electron chi connectivity index (χ4n) is 4.57. The number of anilines is 2. The molecule has 0 amide bonds. The number of likely N-dealkylation sites (tertiary alicyclic amines) is 1. The van der Waals surface area contributed by atoms with Gasteiger partial charge in [0.2, 0.25) is 0 Å². The van der Waals surface area contributed by atoms with E-state index in [2.05, 4.69) is 32.8 Å². The molecular formula is C26H24ClN3O3S. The summed E-state index contributed by atoms with van der Waals surface area (Å²) in [5.41, 5.74) is 3.92. The normalized spacial score (nSPS) is 17.9. The number of aliphatic hydroxyl groups excluding tert-OH is 1. The third-order valence-corrected chi connectivity index (χ3v) is 7.51. The summed E-state index contributed by atoms with van der Waals surface area (Å²) in [7, 11) is 0. The molecule has 0 radical (unpaired) electrons. The standard InChI is InChI=1S/C26H24ClN3O3S/c27-25-19(17-5-7-22-23(13-17)33-11-10-32-22)2-1-3-21(25)28-26-20-6-4-16(12-24(20)34-29-26)14-30-9-8-18(31)15-30/h1-7,12-13,18,31H,8-11,14-15H2,(H,28,29)/t18-/m0/s1. The van der Waals surface area contributed by atoms with Crippen molar-refractivity contribution >= 4 is 44.7 Å². The lowest BCUT2D eigenvalue weighted by atomic mass is 10.0. The van der Waals surface area contributed by atoms with Gasteiger partial charge < -0.3 is 19.9 Å². The smallest absolute Gasteiger partial charge is 0.161 e. The molecule has 2 aliphatic rings. The van der Waals surface area contributed by atoms with Crippen LogP contribution in [0.2, 0.25) is 5.02 Å². The van der Waals surface area contributed by atoms with Gasteiger partial charge in [-0.1, -0.05) is 35.9 Å². The van der Waals surface area contributed by atoms with E-state index >= 15 is 0 Å². The molecule has 6 rings (SSSR count). The molecule has 8 heteroatoms. The van der Waals surface area contributed by atoms with Gasteiger partial charge in [0.25, 0.3) is 0 Å². The summed E-state index contributed by atoms with van der Waals surface area (Å²) in [5.74, 6) is 2.29. The van der Waals surface area contributed by atoms with E-state index in [9.17, 15) is 5.11 Å². The summed E-state index contributed by atoms with van der Waals surface area (Å²) in [6.45, 7) is 3.64. The second-order valence-corrected chi connectivity index (χ2v) is 9.87. The molecule has 1 fully saturated rings. The summed E-state index contributed by atoms with van der Waals surface area (Å²) in [6, 6.07) is 18.3. The number of halogens is 1. The molecule has 0 bridgehead atoms. The van der Waals surface area contributed by atoms with Gasteiger partial charge in [-0.2, -0.15) is 4.37 Å². The van der Waals surface area contributed by atoms with Crippen molar-refractivity contribution in [1.29, 1.82) is 0 Å². The highest BCUT2D eigenvalue weighted by Crippen LogP contribution is 2.40. The minimum atomic E-state index is -0.203. The average Bonchev–Trinajstić information content (AvgIpc) is 3.45. The highest BCUT2D eigenvalue weighted by atomic mass is 35.5. The van der Waals surface area contributed by atoms with Gasteiger partial charge in [-0.05, 0) is 59.4 Å². The number of fused-ring (bicyclic) bond motifs is 2. The first-order valence-electron chi connectivity index (χ1n) is 11.4. The molecule has 3 heterocycles. The predicted molar refractivity (Wildman–Crippen MR) is 137 cm³/mol. The van der Waals surface area contributed by atoms with Gasteiger partial charge >= 0.3 is 0 Å². The molecule has 0 saturated carbocycles. The molecule has 0 spiro atoms. The van der Waals surface area contributed by atoms with Crippen LogP contribution in [0.5, 0.6) is 11.5 Å². The van der Waals surface area contributed by atoms with Crippen molar-refractivity contribution in [2.24, 2.45) is 0 Å². The molecular weight excluding hydrogens is 470 g/mol. The average molecular weight is 494 g/mol. The fraction of sp³-hybridized carbons (Fsp3) is 0.269. The maximum absolute atomic E-state index is 9.78. The molecule has 2 aliphatic heterocycles. The molecule has 3 aromatic carbocycles. The summed E-state index contributed by atoms with van der Waals surface area (Å²) in [4.78, 5) is 2.29. The van der Waals surface area contributed by atoms with Crippen LogP contribution in [-0.2, 0) is 6.54 Å². The molecule has 4 aromatic rings. The van der Waals surface area contributed by atoms with Crippen molar-refractivity contribution in [1.82, 2.24) is 9.27 Å². The van der Waals surface area contributed by atoms with Gasteiger partial charge in [0.15, 0.2) is 17.3 Å². The number of nitrogens with one attached hydrogen (secondary N) is 1. The number of aromatic nitrogens is 1. The molecule has 0 aliphatic carbocycles. The van der Waals surface area contributed by atoms with Gasteiger partial charge in [-0.15, -0.1) is 0 Å². The maximum Gasteiger partial charge on any atom is 0.161 e. The van der Waals surface area contributed by atoms with Gasteiger partial charge in [0, 0.05) is 30.6 Å². The Morgan fingerprint density at radius 1 is 1.09 bits per heavy atom. The Morgan fingerprint density at radius 3 is 2.82 bits per heavy atom. The van der Waals surface area contributed by atoms with Gasteiger partial charge in [0.05, 0.1) is 21.5 Å². The Balaban J connectivity index is 1.25. The zero-order valence-electron chi connectivity index (χ0n) is 18.5. The number of hydrogen-bond acceptors (Lipinski definition) is 7. The third-order valence-electron chi connectivity index (χ3n) is 6.30. The Morgan fingerprint density at radius 2 is 1.97 bits per heavy atom. The molecule has 6 nitrogen and oxygen atoms in total. The molecule has 0 unspecified atom stereocenters. The zero-order valence-corrected chi connectivity index (χ0v) is 20.0. The van der Waals surface area contributed by atoms with Crippen LogP contribution < -0.4 is 14.8 Å². The van der Waals surface area contributed by atoms with E-state index in [4.69, 9.17) is 21.1 Å². The van der Waals surface area contributed by atoms with E-state index in [1.807, 2.05) is 36.4 Å². The third kappa shape index (κ3) is 4.20. The first kappa shape index (κ1) is 21.7. The van der Waals surface area contributed by atoms with Crippen LogP contribution in [0.3, 0.4) is 0 Å². The van der Waals surface area contributed by atoms with Crippen molar-refractivity contribution in [3.63, 3.8) is 0 Å². The summed E-state index contributed by atoms with van der Waals surface area (Å²) < 4.78 is 17.2. The van der Waals surface area contributed by atoms with Crippen LogP contribution in [0, 0.1) is 0 Å². The van der Waals surface area contributed by atoms with Gasteiger partial charge in [-0.3, -0.25) is 4.90 Å². The fourth-order valence-corrected chi connectivity index (χ4v) is 5.66. The molecule has 174 valence electrons. The Bertz CT molecular complexity index is 1360. The second-order valence-electron chi connectivity index (χ2n) is 8.69. The van der Waals surface area contributed by atoms with E-state index in [-0.39, 0.29) is 6.10 Å². The monoisotopic (exact) mass is 493 g/mol. The topological polar surface area (TPSA) is 66.9 Å². The number of β-amino-alcohol motifs (C(OH)–C–C–N with tert-alkyl or cyclic N) is 1. The predicted octanol–water partition coefficient (Wildman–Crippen LogP) is 5.70. The van der Waals surface area contributed by atoms with Crippen molar-refractivity contribution in [3.05, 3.63) is 65.2 Å². The summed E-state index contributed by atoms with van der Waals surface area (Å²) >= 11 is 8.32. The molecule has 1 saturated heterocycles. The van der Waals surface area contributed by atoms with Crippen molar-refractivity contribution < 1.29 is 14.6 Å². The Kier molecular flexibility index (Phi) is 5.79. The zero-order chi connectivity index (χ0) is 23.1. The number of benzene rings is 3. The largest absolute Gasteiger partial charge is 0.486 e. The number of ether oxygens (including phenoxy) is 2. The highest BCUT2D eigenvalue weighted by molar-refractivity contribution is 7.13. The first-order chi connectivity index (χ1) is 16.6. The number of hydrogen-bond donors (Lipinski definition) is 2. The Labute approximate surface area is 206 Å². The van der Waals surface area contributed by atoms with Gasteiger partial charge in [0.1, 0.15) is 13.2 Å². The second kappa shape index (κ2) is 9.07. The first-order valence-corrected chi connectivity index (χ1v) is 12.5. The summed E-state index contributed by atoms with van der Waals surface area (Å²) in [5, 5.41) is 14.9. The van der Waals surface area contributed by atoms with Crippen LogP contribution in [0.4, 0.5) is 11.5 Å². The lowest BCUT2D eigenvalue weighted by Crippen LogP contribution is -2.21. The SMILES string of the molecule is O[C@H]1CCN(Cc2ccc3c(Nc4cccc(-c5ccc6c(c5)OCCO6)c4Cl)nsc3c2)C1. The van der Waals surface area contributed by atoms with Gasteiger partial charge in [-0.25, -0.2) is 0 Å². The van der Waals surface area contributed by atoms with Crippen molar-refractivity contribution in [2.75, 3.05) is 31.6 Å². The van der Waals surface area contributed by atoms with Crippen LogP contribution in [0.15, 0.2) is 54.6 Å². The lowest BCUT2D eigenvalue weighted by molar-refractivity contribution is 0.171. The van der Waals surface area contributed by atoms with E-state index in [0.717, 1.165) is 70.3 Å². The Hall–Kier alpha value is -2.84. The number of nitrogens with zero attached hydrogens (tertiary/aromatic N) is 2. The number of aliphatic hydroxyl groups is 1. The highest BCUT2D eigenvalue weighted by Gasteiger charge is 2.20. The van der Waals surface area contributed by atoms with Crippen LogP contribution in [0.25, 0.3) is 21.2 Å². The van der Waals surface area contributed by atoms with E-state index in [0.29, 0.717) is 18.2 Å². The van der Waals surface area contributed by atoms with Crippen LogP contribution in [0.1, 0.15) is 12.0 Å². The lowest BCUT2D eigenvalue weighted by Gasteiger charge is -2.19. The minimum Gasteiger partial charge on any atom is -0.486 e. The maximum atomic E-state index is 9.78. The van der Waals surface area contributed by atoms with Crippen molar-refractivity contribution in [2.45, 2.75) is 19.1 Å². The van der Waals surface area contributed by atoms with Crippen molar-refractivity contribution in [3.8, 4) is 22.6 Å². The van der Waals surface area contributed by atoms with E-state index in [1.54, 1.807) is 0 Å². The molecule has 34 heavy (non-hydrogen) atoms. The molecule has 1 atom stereocenters. The molecule has 2 N–H and O–H groups in total. The quantitative estimate of drug-likeness (QED) is 0.372. The van der Waals surface area contributed by atoms with Crippen LogP contribution >= 0.6 is 23.1 Å². The van der Waals surface area contributed by atoms with E-state index in [1.165, 1.54) is 17.1 Å². The molecule has 1 aromatic heterocycles. The summed E-state index contributed by atoms with van der Waals surface area (Å²) in [6.07, 6.45) is 0.647. The minimum absolute atomic E-state index is 0.203. The van der Waals surface area contributed by atoms with Crippen LogP contribution in [-0.4, -0.2) is 46.8 Å². The van der Waals surface area contributed by atoms with E-state index < -0.39 is 0 Å². The number of rotatable bonds is 5.